The predicted octanol–water partition coefficient (Wildman–Crippen LogP) is 3.14. The summed E-state index contributed by atoms with van der Waals surface area (Å²) in [6.07, 6.45) is -0.0186. The fourth-order valence-corrected chi connectivity index (χ4v) is 3.06. The van der Waals surface area contributed by atoms with Crippen molar-refractivity contribution in [1.29, 1.82) is 0 Å². The van der Waals surface area contributed by atoms with Crippen molar-refractivity contribution in [1.82, 2.24) is 10.4 Å². The zero-order chi connectivity index (χ0) is 21.8. The first-order valence-electron chi connectivity index (χ1n) is 8.95. The van der Waals surface area contributed by atoms with Gasteiger partial charge in [0.15, 0.2) is 5.82 Å². The zero-order valence-electron chi connectivity index (χ0n) is 15.9. The molecule has 1 aromatic heterocycles. The summed E-state index contributed by atoms with van der Waals surface area (Å²) >= 11 is 5.97. The van der Waals surface area contributed by atoms with Crippen LogP contribution in [0.2, 0.25) is 5.02 Å². The number of nitrogens with zero attached hydrogens (tertiary/aromatic N) is 2. The summed E-state index contributed by atoms with van der Waals surface area (Å²) in [7, 11) is 0. The van der Waals surface area contributed by atoms with Gasteiger partial charge in [0.1, 0.15) is 11.6 Å². The molecule has 0 spiro atoms. The number of aromatic carboxylic acids is 1. The highest BCUT2D eigenvalue weighted by atomic mass is 35.5. The van der Waals surface area contributed by atoms with Crippen LogP contribution >= 0.6 is 11.6 Å². The van der Waals surface area contributed by atoms with Crippen molar-refractivity contribution in [2.45, 2.75) is 19.4 Å². The minimum absolute atomic E-state index is 0.0186. The Hall–Kier alpha value is -3.65. The number of hydrogen-bond donors (Lipinski definition) is 3. The molecule has 8 nitrogen and oxygen atoms in total. The molecule has 1 heterocycles. The number of halogens is 1. The third-order valence-electron chi connectivity index (χ3n) is 4.41. The lowest BCUT2D eigenvalue weighted by atomic mass is 10.1. The van der Waals surface area contributed by atoms with E-state index >= 15 is 0 Å². The van der Waals surface area contributed by atoms with Gasteiger partial charge < -0.3 is 10.2 Å². The standard InChI is InChI=1S/C21H18ClN3O5/c1-12(20(27)28)25(24-18(26)9-13-5-3-2-4-6-13)19-16(21(29)30)11-14-10-15(22)7-8-17(14)23-19/h2-8,10-12H,9H2,1H3,(H,24,26)(H,27,28)(H,29,30). The second-order valence-electron chi connectivity index (χ2n) is 6.58. The Bertz CT molecular complexity index is 1120. The van der Waals surface area contributed by atoms with Crippen LogP contribution in [0.5, 0.6) is 0 Å². The van der Waals surface area contributed by atoms with E-state index < -0.39 is 23.9 Å². The molecule has 1 amide bonds. The van der Waals surface area contributed by atoms with Crippen molar-refractivity contribution >= 4 is 46.2 Å². The average Bonchev–Trinajstić information content (AvgIpc) is 2.71. The van der Waals surface area contributed by atoms with Gasteiger partial charge in [0, 0.05) is 10.4 Å². The third kappa shape index (κ3) is 4.66. The maximum Gasteiger partial charge on any atom is 0.339 e. The maximum atomic E-state index is 12.6. The Kier molecular flexibility index (Phi) is 6.17. The molecule has 0 aliphatic heterocycles. The van der Waals surface area contributed by atoms with Crippen LogP contribution in [-0.4, -0.2) is 39.1 Å². The van der Waals surface area contributed by atoms with E-state index in [0.29, 0.717) is 15.9 Å². The molecule has 3 aromatic rings. The summed E-state index contributed by atoms with van der Waals surface area (Å²) in [4.78, 5) is 40.4. The van der Waals surface area contributed by atoms with E-state index in [1.165, 1.54) is 13.0 Å². The molecule has 0 bridgehead atoms. The number of amides is 1. The zero-order valence-corrected chi connectivity index (χ0v) is 16.6. The Morgan fingerprint density at radius 2 is 1.80 bits per heavy atom. The van der Waals surface area contributed by atoms with Gasteiger partial charge in [-0.3, -0.25) is 15.2 Å². The number of carboxylic acids is 2. The van der Waals surface area contributed by atoms with E-state index in [1.807, 2.05) is 6.07 Å². The molecule has 3 N–H and O–H groups in total. The first kappa shape index (κ1) is 21.1. The first-order chi connectivity index (χ1) is 14.3. The van der Waals surface area contributed by atoms with Crippen LogP contribution in [0.1, 0.15) is 22.8 Å². The number of pyridine rings is 1. The number of hydrazine groups is 1. The number of fused-ring (bicyclic) bond motifs is 1. The van der Waals surface area contributed by atoms with Gasteiger partial charge in [-0.1, -0.05) is 41.9 Å². The fourth-order valence-electron chi connectivity index (χ4n) is 2.88. The van der Waals surface area contributed by atoms with E-state index in [2.05, 4.69) is 10.4 Å². The summed E-state index contributed by atoms with van der Waals surface area (Å²) < 4.78 is 0. The van der Waals surface area contributed by atoms with Gasteiger partial charge >= 0.3 is 11.9 Å². The highest BCUT2D eigenvalue weighted by Gasteiger charge is 2.29. The van der Waals surface area contributed by atoms with Crippen molar-refractivity contribution in [2.24, 2.45) is 0 Å². The number of anilines is 1. The molecule has 0 fully saturated rings. The highest BCUT2D eigenvalue weighted by Crippen LogP contribution is 2.26. The van der Waals surface area contributed by atoms with Crippen LogP contribution in [0.25, 0.3) is 10.9 Å². The monoisotopic (exact) mass is 427 g/mol. The smallest absolute Gasteiger partial charge is 0.339 e. The topological polar surface area (TPSA) is 120 Å². The summed E-state index contributed by atoms with van der Waals surface area (Å²) in [5.74, 6) is -3.28. The summed E-state index contributed by atoms with van der Waals surface area (Å²) in [5.41, 5.74) is 3.35. The Morgan fingerprint density at radius 1 is 1.10 bits per heavy atom. The number of nitrogens with one attached hydrogen (secondary N) is 1. The van der Waals surface area contributed by atoms with E-state index in [0.717, 1.165) is 10.6 Å². The molecule has 9 heteroatoms. The number of carbonyl (C=O) groups excluding carboxylic acids is 1. The molecule has 1 atom stereocenters. The number of aromatic nitrogens is 1. The largest absolute Gasteiger partial charge is 0.480 e. The van der Waals surface area contributed by atoms with Gasteiger partial charge in [-0.05, 0) is 36.8 Å². The van der Waals surface area contributed by atoms with Gasteiger partial charge in [-0.25, -0.2) is 14.6 Å². The molecule has 0 saturated carbocycles. The minimum atomic E-state index is -1.32. The Balaban J connectivity index is 2.04. The van der Waals surface area contributed by atoms with Crippen molar-refractivity contribution in [3.8, 4) is 0 Å². The number of benzene rings is 2. The van der Waals surface area contributed by atoms with E-state index in [1.54, 1.807) is 42.5 Å². The minimum Gasteiger partial charge on any atom is -0.480 e. The summed E-state index contributed by atoms with van der Waals surface area (Å²) in [6, 6.07) is 13.7. The van der Waals surface area contributed by atoms with Gasteiger partial charge in [-0.2, -0.15) is 0 Å². The third-order valence-corrected chi connectivity index (χ3v) is 4.65. The molecular weight excluding hydrogens is 410 g/mol. The highest BCUT2D eigenvalue weighted by molar-refractivity contribution is 6.31. The number of rotatable bonds is 7. The molecule has 30 heavy (non-hydrogen) atoms. The lowest BCUT2D eigenvalue weighted by molar-refractivity contribution is -0.138. The molecule has 0 saturated heterocycles. The molecule has 0 radical (unpaired) electrons. The number of carboxylic acid groups (broad SMARTS) is 2. The maximum absolute atomic E-state index is 12.6. The van der Waals surface area contributed by atoms with E-state index in [9.17, 15) is 24.6 Å². The Morgan fingerprint density at radius 3 is 2.43 bits per heavy atom. The lowest BCUT2D eigenvalue weighted by Crippen LogP contribution is -2.52. The second kappa shape index (κ2) is 8.79. The summed E-state index contributed by atoms with van der Waals surface area (Å²) in [6.45, 7) is 1.32. The second-order valence-corrected chi connectivity index (χ2v) is 7.02. The van der Waals surface area contributed by atoms with Crippen LogP contribution in [0.4, 0.5) is 5.82 Å². The van der Waals surface area contributed by atoms with Crippen LogP contribution in [0, 0.1) is 0 Å². The summed E-state index contributed by atoms with van der Waals surface area (Å²) in [5, 5.41) is 21.0. The first-order valence-corrected chi connectivity index (χ1v) is 9.33. The molecular formula is C21H18ClN3O5. The average molecular weight is 428 g/mol. The fraction of sp³-hybridized carbons (Fsp3) is 0.143. The molecule has 0 aliphatic carbocycles. The van der Waals surface area contributed by atoms with Crippen molar-refractivity contribution in [2.75, 3.05) is 5.01 Å². The molecule has 3 rings (SSSR count). The van der Waals surface area contributed by atoms with Crippen LogP contribution in [0.3, 0.4) is 0 Å². The Labute approximate surface area is 176 Å². The van der Waals surface area contributed by atoms with Crippen LogP contribution in [0.15, 0.2) is 54.6 Å². The number of aliphatic carboxylic acids is 1. The number of carbonyl (C=O) groups is 3. The van der Waals surface area contributed by atoms with Crippen molar-refractivity contribution in [3.63, 3.8) is 0 Å². The molecule has 154 valence electrons. The van der Waals surface area contributed by atoms with E-state index in [4.69, 9.17) is 11.6 Å². The van der Waals surface area contributed by atoms with Gasteiger partial charge in [0.2, 0.25) is 5.91 Å². The lowest BCUT2D eigenvalue weighted by Gasteiger charge is -2.29. The van der Waals surface area contributed by atoms with Crippen molar-refractivity contribution < 1.29 is 24.6 Å². The molecule has 2 aromatic carbocycles. The van der Waals surface area contributed by atoms with Crippen LogP contribution in [-0.2, 0) is 16.0 Å². The normalized spacial score (nSPS) is 11.7. The van der Waals surface area contributed by atoms with Crippen molar-refractivity contribution in [3.05, 3.63) is 70.7 Å². The van der Waals surface area contributed by atoms with E-state index in [-0.39, 0.29) is 17.8 Å². The molecule has 0 aliphatic rings. The predicted molar refractivity (Wildman–Crippen MR) is 112 cm³/mol. The van der Waals surface area contributed by atoms with Gasteiger partial charge in [-0.15, -0.1) is 0 Å². The van der Waals surface area contributed by atoms with Crippen LogP contribution < -0.4 is 10.4 Å². The van der Waals surface area contributed by atoms with Gasteiger partial charge in [0.05, 0.1) is 11.9 Å². The van der Waals surface area contributed by atoms with Gasteiger partial charge in [0.25, 0.3) is 0 Å². The SMILES string of the molecule is CC(C(=O)O)N(NC(=O)Cc1ccccc1)c1nc2ccc(Cl)cc2cc1C(=O)O. The quantitative estimate of drug-likeness (QED) is 0.495. The molecule has 1 unspecified atom stereocenters. The number of hydrogen-bond acceptors (Lipinski definition) is 5.